The molecule has 2 aromatic rings. The van der Waals surface area contributed by atoms with Gasteiger partial charge in [0, 0.05) is 4.90 Å². The quantitative estimate of drug-likeness (QED) is 0.354. The second kappa shape index (κ2) is 10.8. The molecule has 0 amide bonds. The highest BCUT2D eigenvalue weighted by Gasteiger charge is 2.03. The van der Waals surface area contributed by atoms with Crippen LogP contribution in [0.2, 0.25) is 0 Å². The highest BCUT2D eigenvalue weighted by molar-refractivity contribution is 8.00. The molecule has 0 bridgehead atoms. The Morgan fingerprint density at radius 3 is 2.46 bits per heavy atom. The van der Waals surface area contributed by atoms with Crippen LogP contribution in [-0.4, -0.2) is 24.9 Å². The number of hydrogen-bond donors (Lipinski definition) is 0. The molecule has 0 N–H and O–H groups in total. The summed E-state index contributed by atoms with van der Waals surface area (Å²) in [7, 11) is 0. The molecule has 0 aliphatic heterocycles. The monoisotopic (exact) mass is 344 g/mol. The molecule has 128 valence electrons. The Morgan fingerprint density at radius 1 is 1.00 bits per heavy atom. The SMILES string of the molecule is CCOC(=O)CSc1ccc(OCCCCc2ccccc2)cc1. The molecular weight excluding hydrogens is 320 g/mol. The van der Waals surface area contributed by atoms with E-state index in [1.165, 1.54) is 17.3 Å². The standard InChI is InChI=1S/C20H24O3S/c1-2-22-20(21)16-24-19-13-11-18(12-14-19)23-15-7-6-10-17-8-4-3-5-9-17/h3-5,8-9,11-14H,2,6-7,10,15-16H2,1H3. The average Bonchev–Trinajstić information content (AvgIpc) is 2.62. The number of thioether (sulfide) groups is 1. The third kappa shape index (κ3) is 7.09. The number of ether oxygens (including phenoxy) is 2. The van der Waals surface area contributed by atoms with Gasteiger partial charge in [0.05, 0.1) is 19.0 Å². The van der Waals surface area contributed by atoms with Crippen LogP contribution in [0.1, 0.15) is 25.3 Å². The zero-order valence-electron chi connectivity index (χ0n) is 14.1. The molecule has 3 nitrogen and oxygen atoms in total. The molecule has 0 aromatic heterocycles. The van der Waals surface area contributed by atoms with Gasteiger partial charge in [0.1, 0.15) is 5.75 Å². The van der Waals surface area contributed by atoms with Gasteiger partial charge in [0.2, 0.25) is 0 Å². The topological polar surface area (TPSA) is 35.5 Å². The Kier molecular flexibility index (Phi) is 8.25. The summed E-state index contributed by atoms with van der Waals surface area (Å²) in [5.74, 6) is 1.03. The van der Waals surface area contributed by atoms with Crippen molar-refractivity contribution in [3.63, 3.8) is 0 Å². The van der Waals surface area contributed by atoms with Crippen molar-refractivity contribution in [3.8, 4) is 5.75 Å². The summed E-state index contributed by atoms with van der Waals surface area (Å²) >= 11 is 1.48. The van der Waals surface area contributed by atoms with Crippen LogP contribution in [0.5, 0.6) is 5.75 Å². The number of carbonyl (C=O) groups excluding carboxylic acids is 1. The van der Waals surface area contributed by atoms with Crippen molar-refractivity contribution in [2.75, 3.05) is 19.0 Å². The first-order chi connectivity index (χ1) is 11.8. The lowest BCUT2D eigenvalue weighted by atomic mass is 10.1. The van der Waals surface area contributed by atoms with Gasteiger partial charge < -0.3 is 9.47 Å². The molecule has 0 fully saturated rings. The van der Waals surface area contributed by atoms with Gasteiger partial charge in [-0.15, -0.1) is 11.8 Å². The summed E-state index contributed by atoms with van der Waals surface area (Å²) < 4.78 is 10.7. The van der Waals surface area contributed by atoms with Crippen LogP contribution in [-0.2, 0) is 16.0 Å². The van der Waals surface area contributed by atoms with E-state index in [0.29, 0.717) is 12.4 Å². The van der Waals surface area contributed by atoms with Gasteiger partial charge in [-0.25, -0.2) is 0 Å². The third-order valence-corrected chi connectivity index (χ3v) is 4.44. The molecule has 24 heavy (non-hydrogen) atoms. The fourth-order valence-electron chi connectivity index (χ4n) is 2.24. The molecule has 0 radical (unpaired) electrons. The third-order valence-electron chi connectivity index (χ3n) is 3.46. The Labute approximate surface area is 148 Å². The van der Waals surface area contributed by atoms with Crippen molar-refractivity contribution in [1.82, 2.24) is 0 Å². The van der Waals surface area contributed by atoms with E-state index in [9.17, 15) is 4.79 Å². The first-order valence-electron chi connectivity index (χ1n) is 8.33. The lowest BCUT2D eigenvalue weighted by molar-refractivity contribution is -0.139. The normalized spacial score (nSPS) is 10.4. The van der Waals surface area contributed by atoms with Gasteiger partial charge in [-0.2, -0.15) is 0 Å². The van der Waals surface area contributed by atoms with Crippen molar-refractivity contribution in [2.45, 2.75) is 31.1 Å². The van der Waals surface area contributed by atoms with Crippen molar-refractivity contribution in [2.24, 2.45) is 0 Å². The number of carbonyl (C=O) groups is 1. The molecular formula is C20H24O3S. The van der Waals surface area contributed by atoms with Crippen molar-refractivity contribution < 1.29 is 14.3 Å². The molecule has 0 aliphatic rings. The lowest BCUT2D eigenvalue weighted by Crippen LogP contribution is -2.06. The molecule has 0 aliphatic carbocycles. The van der Waals surface area contributed by atoms with E-state index in [4.69, 9.17) is 9.47 Å². The Balaban J connectivity index is 1.62. The number of unbranched alkanes of at least 4 members (excludes halogenated alkanes) is 1. The summed E-state index contributed by atoms with van der Waals surface area (Å²) in [6, 6.07) is 18.4. The smallest absolute Gasteiger partial charge is 0.316 e. The van der Waals surface area contributed by atoms with Gasteiger partial charge in [0.15, 0.2) is 0 Å². The minimum absolute atomic E-state index is 0.179. The zero-order chi connectivity index (χ0) is 17.0. The van der Waals surface area contributed by atoms with Gasteiger partial charge >= 0.3 is 5.97 Å². The van der Waals surface area contributed by atoms with Crippen LogP contribution < -0.4 is 4.74 Å². The fraction of sp³-hybridized carbons (Fsp3) is 0.350. The van der Waals surface area contributed by atoms with E-state index >= 15 is 0 Å². The predicted octanol–water partition coefficient (Wildman–Crippen LogP) is 4.74. The Hall–Kier alpha value is -1.94. The van der Waals surface area contributed by atoms with Crippen molar-refractivity contribution in [1.29, 1.82) is 0 Å². The molecule has 0 unspecified atom stereocenters. The van der Waals surface area contributed by atoms with E-state index < -0.39 is 0 Å². The first kappa shape index (κ1) is 18.4. The predicted molar refractivity (Wildman–Crippen MR) is 98.7 cm³/mol. The maximum atomic E-state index is 11.3. The van der Waals surface area contributed by atoms with E-state index in [2.05, 4.69) is 24.3 Å². The van der Waals surface area contributed by atoms with Gasteiger partial charge in [-0.3, -0.25) is 4.79 Å². The van der Waals surface area contributed by atoms with Crippen LogP contribution in [0.4, 0.5) is 0 Å². The molecule has 0 spiro atoms. The summed E-state index contributed by atoms with van der Waals surface area (Å²) in [5.41, 5.74) is 1.38. The highest BCUT2D eigenvalue weighted by atomic mass is 32.2. The second-order valence-corrected chi connectivity index (χ2v) is 6.41. The van der Waals surface area contributed by atoms with Crippen LogP contribution in [0.3, 0.4) is 0 Å². The molecule has 0 saturated heterocycles. The number of esters is 1. The maximum Gasteiger partial charge on any atom is 0.316 e. The molecule has 2 rings (SSSR count). The number of hydrogen-bond acceptors (Lipinski definition) is 4. The summed E-state index contributed by atoms with van der Waals surface area (Å²) in [5, 5.41) is 0. The Morgan fingerprint density at radius 2 is 1.75 bits per heavy atom. The molecule has 0 heterocycles. The van der Waals surface area contributed by atoms with Gasteiger partial charge in [-0.05, 0) is 56.0 Å². The van der Waals surface area contributed by atoms with Crippen LogP contribution >= 0.6 is 11.8 Å². The van der Waals surface area contributed by atoms with Crippen LogP contribution in [0.15, 0.2) is 59.5 Å². The molecule has 0 saturated carbocycles. The van der Waals surface area contributed by atoms with E-state index in [-0.39, 0.29) is 5.97 Å². The van der Waals surface area contributed by atoms with Crippen LogP contribution in [0.25, 0.3) is 0 Å². The second-order valence-electron chi connectivity index (χ2n) is 5.36. The summed E-state index contributed by atoms with van der Waals surface area (Å²) in [6.07, 6.45) is 3.25. The highest BCUT2D eigenvalue weighted by Crippen LogP contribution is 2.21. The Bertz CT molecular complexity index is 596. The fourth-order valence-corrected chi connectivity index (χ4v) is 2.94. The van der Waals surface area contributed by atoms with Gasteiger partial charge in [-0.1, -0.05) is 30.3 Å². The molecule has 0 atom stereocenters. The molecule has 2 aromatic carbocycles. The van der Waals surface area contributed by atoms with Crippen molar-refractivity contribution in [3.05, 3.63) is 60.2 Å². The minimum atomic E-state index is -0.179. The molecule has 4 heteroatoms. The number of rotatable bonds is 10. The minimum Gasteiger partial charge on any atom is -0.494 e. The van der Waals surface area contributed by atoms with E-state index in [1.807, 2.05) is 37.3 Å². The maximum absolute atomic E-state index is 11.3. The summed E-state index contributed by atoms with van der Waals surface area (Å²) in [4.78, 5) is 12.4. The lowest BCUT2D eigenvalue weighted by Gasteiger charge is -2.07. The first-order valence-corrected chi connectivity index (χ1v) is 9.31. The van der Waals surface area contributed by atoms with Gasteiger partial charge in [0.25, 0.3) is 0 Å². The largest absolute Gasteiger partial charge is 0.494 e. The number of benzene rings is 2. The van der Waals surface area contributed by atoms with E-state index in [0.717, 1.165) is 36.5 Å². The van der Waals surface area contributed by atoms with Crippen LogP contribution in [0, 0.1) is 0 Å². The van der Waals surface area contributed by atoms with E-state index in [1.54, 1.807) is 0 Å². The average molecular weight is 344 g/mol. The summed E-state index contributed by atoms with van der Waals surface area (Å²) in [6.45, 7) is 2.97. The zero-order valence-corrected chi connectivity index (χ0v) is 14.9. The van der Waals surface area contributed by atoms with Crippen molar-refractivity contribution >= 4 is 17.7 Å². The number of aryl methyl sites for hydroxylation is 1.